The van der Waals surface area contributed by atoms with Gasteiger partial charge in [0.1, 0.15) is 16.5 Å². The van der Waals surface area contributed by atoms with Crippen LogP contribution in [0.1, 0.15) is 66.2 Å². The summed E-state index contributed by atoms with van der Waals surface area (Å²) in [5.74, 6) is 2.02. The van der Waals surface area contributed by atoms with Gasteiger partial charge in [0.2, 0.25) is 0 Å². The molecule has 5 nitrogen and oxygen atoms in total. The molecule has 0 spiro atoms. The van der Waals surface area contributed by atoms with Gasteiger partial charge in [0.15, 0.2) is 0 Å². The molecule has 1 aromatic carbocycles. The molecule has 29 heavy (non-hydrogen) atoms. The number of carbonyl (C=O) groups excluding carboxylic acids is 1. The molecule has 1 amide bonds. The van der Waals surface area contributed by atoms with Crippen molar-refractivity contribution in [3.8, 4) is 0 Å². The first-order chi connectivity index (χ1) is 13.8. The van der Waals surface area contributed by atoms with Gasteiger partial charge in [0.25, 0.3) is 5.91 Å². The zero-order valence-corrected chi connectivity index (χ0v) is 19.0. The van der Waals surface area contributed by atoms with Gasteiger partial charge in [-0.15, -0.1) is 11.3 Å². The van der Waals surface area contributed by atoms with Crippen LogP contribution in [0.25, 0.3) is 10.2 Å². The van der Waals surface area contributed by atoms with E-state index < -0.39 is 0 Å². The highest BCUT2D eigenvalue weighted by Gasteiger charge is 2.22. The van der Waals surface area contributed by atoms with Crippen LogP contribution in [0, 0.1) is 13.8 Å². The second-order valence-corrected chi connectivity index (χ2v) is 8.74. The molecule has 2 aromatic heterocycles. The second kappa shape index (κ2) is 8.91. The molecule has 1 N–H and O–H groups in total. The summed E-state index contributed by atoms with van der Waals surface area (Å²) >= 11 is 1.45. The van der Waals surface area contributed by atoms with Gasteiger partial charge in [-0.1, -0.05) is 39.3 Å². The quantitative estimate of drug-likeness (QED) is 0.505. The van der Waals surface area contributed by atoms with E-state index >= 15 is 0 Å². The van der Waals surface area contributed by atoms with Gasteiger partial charge < -0.3 is 10.2 Å². The van der Waals surface area contributed by atoms with Gasteiger partial charge in [-0.05, 0) is 49.4 Å². The van der Waals surface area contributed by atoms with Gasteiger partial charge in [0.05, 0.1) is 10.3 Å². The molecule has 0 atom stereocenters. The SMILES string of the molecule is CCCCNC(=O)c1sc2nc(C)nc(N(C)c3ccc(C(C)C)cc3)c2c1C. The lowest BCUT2D eigenvalue weighted by Gasteiger charge is -2.20. The summed E-state index contributed by atoms with van der Waals surface area (Å²) in [7, 11) is 2.02. The highest BCUT2D eigenvalue weighted by molar-refractivity contribution is 7.20. The van der Waals surface area contributed by atoms with Crippen LogP contribution in [0.4, 0.5) is 11.5 Å². The summed E-state index contributed by atoms with van der Waals surface area (Å²) in [6, 6.07) is 8.57. The zero-order valence-electron chi connectivity index (χ0n) is 18.2. The summed E-state index contributed by atoms with van der Waals surface area (Å²) in [6.07, 6.45) is 2.04. The van der Waals surface area contributed by atoms with Crippen LogP contribution in [-0.2, 0) is 0 Å². The molecule has 2 heterocycles. The number of aromatic nitrogens is 2. The second-order valence-electron chi connectivity index (χ2n) is 7.75. The Kier molecular flexibility index (Phi) is 6.52. The molecule has 3 aromatic rings. The summed E-state index contributed by atoms with van der Waals surface area (Å²) in [5, 5.41) is 3.98. The largest absolute Gasteiger partial charge is 0.351 e. The summed E-state index contributed by atoms with van der Waals surface area (Å²) < 4.78 is 0. The van der Waals surface area contributed by atoms with Gasteiger partial charge in [-0.2, -0.15) is 0 Å². The van der Waals surface area contributed by atoms with Crippen molar-refractivity contribution in [1.29, 1.82) is 0 Å². The first kappa shape index (κ1) is 21.2. The lowest BCUT2D eigenvalue weighted by atomic mass is 10.0. The molecular weight excluding hydrogens is 380 g/mol. The monoisotopic (exact) mass is 410 g/mol. The fourth-order valence-corrected chi connectivity index (χ4v) is 4.48. The van der Waals surface area contributed by atoms with E-state index in [0.717, 1.165) is 45.0 Å². The normalized spacial score (nSPS) is 11.3. The average Bonchev–Trinajstić information content (AvgIpc) is 3.03. The molecule has 0 bridgehead atoms. The summed E-state index contributed by atoms with van der Waals surface area (Å²) in [5.41, 5.74) is 3.32. The van der Waals surface area contributed by atoms with E-state index in [1.54, 1.807) is 0 Å². The molecule has 0 saturated carbocycles. The van der Waals surface area contributed by atoms with Crippen molar-refractivity contribution in [3.63, 3.8) is 0 Å². The van der Waals surface area contributed by atoms with Crippen LogP contribution in [0.5, 0.6) is 0 Å². The van der Waals surface area contributed by atoms with Crippen LogP contribution in [0.3, 0.4) is 0 Å². The maximum Gasteiger partial charge on any atom is 0.261 e. The smallest absolute Gasteiger partial charge is 0.261 e. The molecule has 0 radical (unpaired) electrons. The van der Waals surface area contributed by atoms with Gasteiger partial charge in [-0.25, -0.2) is 9.97 Å². The van der Waals surface area contributed by atoms with Crippen LogP contribution < -0.4 is 10.2 Å². The average molecular weight is 411 g/mol. The van der Waals surface area contributed by atoms with Crippen LogP contribution in [0.15, 0.2) is 24.3 Å². The zero-order chi connectivity index (χ0) is 21.1. The Bertz CT molecular complexity index is 1010. The maximum atomic E-state index is 12.7. The minimum atomic E-state index is -0.0218. The van der Waals surface area contributed by atoms with Crippen molar-refractivity contribution in [1.82, 2.24) is 15.3 Å². The van der Waals surface area contributed by atoms with Crippen molar-refractivity contribution in [2.45, 2.75) is 53.4 Å². The molecule has 6 heteroatoms. The number of thiophene rings is 1. The number of unbranched alkanes of at least 4 members (excludes halogenated alkanes) is 1. The summed E-state index contributed by atoms with van der Waals surface area (Å²) in [6.45, 7) is 11.1. The van der Waals surface area contributed by atoms with E-state index in [2.05, 4.69) is 60.2 Å². The Morgan fingerprint density at radius 1 is 1.17 bits per heavy atom. The number of rotatable bonds is 7. The van der Waals surface area contributed by atoms with Crippen LogP contribution in [-0.4, -0.2) is 29.5 Å². The Hall–Kier alpha value is -2.47. The third-order valence-corrected chi connectivity index (χ3v) is 6.35. The molecular formula is C23H30N4OS. The molecule has 0 aliphatic carbocycles. The Morgan fingerprint density at radius 2 is 1.86 bits per heavy atom. The standard InChI is InChI=1S/C23H30N4OS/c1-7-8-13-24-22(28)20-15(4)19-21(25-16(5)26-23(19)29-20)27(6)18-11-9-17(10-12-18)14(2)3/h9-12,14H,7-8,13H2,1-6H3,(H,24,28). The molecule has 0 aliphatic rings. The number of hydrogen-bond donors (Lipinski definition) is 1. The van der Waals surface area contributed by atoms with Crippen LogP contribution in [0.2, 0.25) is 0 Å². The first-order valence-electron chi connectivity index (χ1n) is 10.2. The van der Waals surface area contributed by atoms with Crippen molar-refractivity contribution in [3.05, 3.63) is 46.1 Å². The number of hydrogen-bond acceptors (Lipinski definition) is 5. The number of benzene rings is 1. The highest BCUT2D eigenvalue weighted by atomic mass is 32.1. The Morgan fingerprint density at radius 3 is 2.48 bits per heavy atom. The van der Waals surface area contributed by atoms with E-state index in [-0.39, 0.29) is 5.91 Å². The van der Waals surface area contributed by atoms with Gasteiger partial charge >= 0.3 is 0 Å². The Balaban J connectivity index is 2.02. The minimum absolute atomic E-state index is 0.0218. The third kappa shape index (κ3) is 4.42. The topological polar surface area (TPSA) is 58.1 Å². The van der Waals surface area contributed by atoms with E-state index in [4.69, 9.17) is 4.98 Å². The van der Waals surface area contributed by atoms with Crippen molar-refractivity contribution in [2.24, 2.45) is 0 Å². The highest BCUT2D eigenvalue weighted by Crippen LogP contribution is 2.37. The molecule has 3 rings (SSSR count). The third-order valence-electron chi connectivity index (χ3n) is 5.17. The molecule has 0 aliphatic heterocycles. The van der Waals surface area contributed by atoms with E-state index in [0.29, 0.717) is 18.3 Å². The first-order valence-corrected chi connectivity index (χ1v) is 11.0. The van der Waals surface area contributed by atoms with E-state index in [1.807, 2.05) is 20.9 Å². The lowest BCUT2D eigenvalue weighted by Crippen LogP contribution is -2.24. The number of nitrogens with zero attached hydrogens (tertiary/aromatic N) is 3. The molecule has 0 fully saturated rings. The number of nitrogens with one attached hydrogen (secondary N) is 1. The predicted molar refractivity (Wildman–Crippen MR) is 123 cm³/mol. The van der Waals surface area contributed by atoms with E-state index in [1.165, 1.54) is 16.9 Å². The fourth-order valence-electron chi connectivity index (χ4n) is 3.34. The number of fused-ring (bicyclic) bond motifs is 1. The van der Waals surface area contributed by atoms with Crippen LogP contribution >= 0.6 is 11.3 Å². The van der Waals surface area contributed by atoms with E-state index in [9.17, 15) is 4.79 Å². The van der Waals surface area contributed by atoms with Gasteiger partial charge in [0, 0.05) is 19.3 Å². The number of anilines is 2. The number of carbonyl (C=O) groups is 1. The molecule has 0 saturated heterocycles. The van der Waals surface area contributed by atoms with Gasteiger partial charge in [-0.3, -0.25) is 4.79 Å². The van der Waals surface area contributed by atoms with Crippen molar-refractivity contribution >= 4 is 39.0 Å². The minimum Gasteiger partial charge on any atom is -0.351 e. The fraction of sp³-hybridized carbons (Fsp3) is 0.435. The lowest BCUT2D eigenvalue weighted by molar-refractivity contribution is 0.0956. The Labute approximate surface area is 177 Å². The van der Waals surface area contributed by atoms with Crippen molar-refractivity contribution in [2.75, 3.05) is 18.5 Å². The predicted octanol–water partition coefficient (Wildman–Crippen LogP) is 5.73. The molecule has 154 valence electrons. The maximum absolute atomic E-state index is 12.7. The molecule has 0 unspecified atom stereocenters. The number of aryl methyl sites for hydroxylation is 2. The van der Waals surface area contributed by atoms with Crippen molar-refractivity contribution < 1.29 is 4.79 Å². The number of amides is 1. The summed E-state index contributed by atoms with van der Waals surface area (Å²) in [4.78, 5) is 25.7.